The maximum Gasteiger partial charge on any atom is 0.341 e. The van der Waals surface area contributed by atoms with Crippen molar-refractivity contribution in [3.63, 3.8) is 0 Å². The van der Waals surface area contributed by atoms with E-state index in [4.69, 9.17) is 9.47 Å². The highest BCUT2D eigenvalue weighted by Crippen LogP contribution is 2.24. The molecule has 2 aromatic rings. The molecule has 6 nitrogen and oxygen atoms in total. The number of methoxy groups -OCH3 is 1. The van der Waals surface area contributed by atoms with E-state index < -0.39 is 11.9 Å². The summed E-state index contributed by atoms with van der Waals surface area (Å²) >= 11 is 0. The summed E-state index contributed by atoms with van der Waals surface area (Å²) in [6.45, 7) is 6.92. The first-order valence-electron chi connectivity index (χ1n) is 14.4. The number of carboxylic acids is 1. The van der Waals surface area contributed by atoms with Crippen LogP contribution >= 0.6 is 0 Å². The summed E-state index contributed by atoms with van der Waals surface area (Å²) in [5.41, 5.74) is 1.63. The zero-order valence-corrected chi connectivity index (χ0v) is 24.3. The summed E-state index contributed by atoms with van der Waals surface area (Å²) in [5.74, 6) is -0.0585. The molecule has 0 bridgehead atoms. The lowest BCUT2D eigenvalue weighted by Crippen LogP contribution is -2.08. The van der Waals surface area contributed by atoms with Crippen molar-refractivity contribution in [2.45, 2.75) is 91.4 Å². The molecule has 0 saturated heterocycles. The third-order valence-corrected chi connectivity index (χ3v) is 6.64. The summed E-state index contributed by atoms with van der Waals surface area (Å²) in [5, 5.41) is 18.9. The van der Waals surface area contributed by atoms with E-state index in [2.05, 4.69) is 20.8 Å². The number of benzene rings is 2. The first kappa shape index (κ1) is 33.7. The monoisotopic (exact) mass is 540 g/mol. The summed E-state index contributed by atoms with van der Waals surface area (Å²) in [6.07, 6.45) is 13.8. The Hall–Kier alpha value is -3.28. The molecule has 0 fully saturated rings. The van der Waals surface area contributed by atoms with Crippen LogP contribution in [0.3, 0.4) is 0 Å². The zero-order valence-electron chi connectivity index (χ0n) is 24.3. The largest absolute Gasteiger partial charge is 0.507 e. The molecule has 6 heteroatoms. The van der Waals surface area contributed by atoms with Crippen molar-refractivity contribution in [3.05, 3.63) is 65.2 Å². The highest BCUT2D eigenvalue weighted by molar-refractivity contribution is 5.92. The molecule has 0 saturated carbocycles. The first-order chi connectivity index (χ1) is 18.9. The highest BCUT2D eigenvalue weighted by Gasteiger charge is 2.14. The zero-order chi connectivity index (χ0) is 28.9. The van der Waals surface area contributed by atoms with Gasteiger partial charge in [-0.15, -0.1) is 0 Å². The summed E-state index contributed by atoms with van der Waals surface area (Å²) < 4.78 is 10.2. The first-order valence-corrected chi connectivity index (χ1v) is 14.4. The molecular formula is C33H48O6. The normalized spacial score (nSPS) is 11.7. The van der Waals surface area contributed by atoms with Crippen LogP contribution in [0.5, 0.6) is 11.5 Å². The topological polar surface area (TPSA) is 93.1 Å². The van der Waals surface area contributed by atoms with E-state index >= 15 is 0 Å². The molecule has 0 aromatic heterocycles. The Kier molecular flexibility index (Phi) is 17.9. The van der Waals surface area contributed by atoms with E-state index in [0.717, 1.165) is 49.8 Å². The van der Waals surface area contributed by atoms with Crippen LogP contribution in [0.1, 0.15) is 107 Å². The van der Waals surface area contributed by atoms with Crippen LogP contribution in [-0.2, 0) is 9.53 Å². The molecule has 2 N–H and O–H groups in total. The number of rotatable bonds is 17. The van der Waals surface area contributed by atoms with Crippen LogP contribution in [0.15, 0.2) is 54.1 Å². The molecule has 0 aliphatic rings. The van der Waals surface area contributed by atoms with Gasteiger partial charge in [-0.1, -0.05) is 103 Å². The molecule has 2 aromatic carbocycles. The Balaban J connectivity index is 0.000000395. The van der Waals surface area contributed by atoms with Crippen molar-refractivity contribution in [3.8, 4) is 11.5 Å². The Labute approximate surface area is 235 Å². The lowest BCUT2D eigenvalue weighted by Gasteiger charge is -2.14. The summed E-state index contributed by atoms with van der Waals surface area (Å²) in [4.78, 5) is 23.1. The van der Waals surface area contributed by atoms with Crippen LogP contribution in [0, 0.1) is 5.92 Å². The van der Waals surface area contributed by atoms with E-state index in [1.807, 2.05) is 24.3 Å². The maximum absolute atomic E-state index is 11.6. The Morgan fingerprint density at radius 3 is 2.10 bits per heavy atom. The number of aliphatic carboxylic acids is 1. The Morgan fingerprint density at radius 1 is 0.872 bits per heavy atom. The number of ether oxygens (including phenoxy) is 2. The number of carbonyl (C=O) groups is 2. The average molecular weight is 541 g/mol. The molecule has 0 amide bonds. The number of aromatic hydroxyl groups is 1. The molecule has 1 atom stereocenters. The fraction of sp³-hybridized carbons (Fsp3) is 0.515. The van der Waals surface area contributed by atoms with Gasteiger partial charge >= 0.3 is 11.9 Å². The van der Waals surface area contributed by atoms with Gasteiger partial charge in [-0.05, 0) is 54.7 Å². The molecule has 0 aliphatic carbocycles. The lowest BCUT2D eigenvalue weighted by atomic mass is 9.91. The number of carbonyl (C=O) groups excluding carboxylic acids is 1. The van der Waals surface area contributed by atoms with Gasteiger partial charge in [0.15, 0.2) is 0 Å². The maximum atomic E-state index is 11.6. The van der Waals surface area contributed by atoms with E-state index in [0.29, 0.717) is 24.5 Å². The predicted molar refractivity (Wildman–Crippen MR) is 158 cm³/mol. The van der Waals surface area contributed by atoms with E-state index in [1.54, 1.807) is 31.4 Å². The third kappa shape index (κ3) is 14.4. The predicted octanol–water partition coefficient (Wildman–Crippen LogP) is 8.68. The standard InChI is InChI=1S/C18H26O3.C15H22O3/c1-4-6-7-14(5-2)12-16(18(19)20)13-15-8-10-17(21-3)11-9-15;1-2-3-4-5-6-9-12-18-15(17)13-10-7-8-11-14(13)16/h8-11,13-14H,4-7,12H2,1-3H3,(H,19,20);7-8,10-11,16H,2-6,9,12H2,1H3. The number of hydrogen-bond acceptors (Lipinski definition) is 5. The van der Waals surface area contributed by atoms with E-state index in [9.17, 15) is 19.8 Å². The van der Waals surface area contributed by atoms with Gasteiger partial charge in [0, 0.05) is 5.57 Å². The van der Waals surface area contributed by atoms with Crippen molar-refractivity contribution in [2.24, 2.45) is 5.92 Å². The van der Waals surface area contributed by atoms with Gasteiger partial charge in [-0.2, -0.15) is 0 Å². The highest BCUT2D eigenvalue weighted by atomic mass is 16.5. The molecule has 0 heterocycles. The fourth-order valence-electron chi connectivity index (χ4n) is 4.13. The van der Waals surface area contributed by atoms with Crippen LogP contribution in [-0.4, -0.2) is 35.9 Å². The van der Waals surface area contributed by atoms with Crippen molar-refractivity contribution in [1.29, 1.82) is 0 Å². The second-order valence-corrected chi connectivity index (χ2v) is 9.79. The number of phenolic OH excluding ortho intramolecular Hbond substituents is 1. The molecule has 216 valence electrons. The van der Waals surface area contributed by atoms with Gasteiger partial charge in [-0.25, -0.2) is 9.59 Å². The molecule has 2 rings (SSSR count). The van der Waals surface area contributed by atoms with Crippen LogP contribution < -0.4 is 4.74 Å². The van der Waals surface area contributed by atoms with Crippen molar-refractivity contribution in [1.82, 2.24) is 0 Å². The van der Waals surface area contributed by atoms with Gasteiger partial charge in [0.1, 0.15) is 17.1 Å². The lowest BCUT2D eigenvalue weighted by molar-refractivity contribution is -0.132. The Bertz CT molecular complexity index is 980. The van der Waals surface area contributed by atoms with Gasteiger partial charge in [0.2, 0.25) is 0 Å². The van der Waals surface area contributed by atoms with E-state index in [-0.39, 0.29) is 11.3 Å². The van der Waals surface area contributed by atoms with E-state index in [1.165, 1.54) is 31.7 Å². The van der Waals surface area contributed by atoms with Crippen LogP contribution in [0.25, 0.3) is 6.08 Å². The summed E-state index contributed by atoms with van der Waals surface area (Å²) in [7, 11) is 1.62. The smallest absolute Gasteiger partial charge is 0.341 e. The third-order valence-electron chi connectivity index (χ3n) is 6.64. The molecule has 0 aliphatic heterocycles. The van der Waals surface area contributed by atoms with Crippen LogP contribution in [0.4, 0.5) is 0 Å². The van der Waals surface area contributed by atoms with Crippen LogP contribution in [0.2, 0.25) is 0 Å². The molecule has 0 spiro atoms. The minimum atomic E-state index is -0.819. The van der Waals surface area contributed by atoms with Crippen molar-refractivity contribution < 1.29 is 29.3 Å². The number of para-hydroxylation sites is 1. The number of phenols is 1. The molecular weight excluding hydrogens is 492 g/mol. The molecule has 0 radical (unpaired) electrons. The average Bonchev–Trinajstić information content (AvgIpc) is 2.95. The van der Waals surface area contributed by atoms with Crippen molar-refractivity contribution in [2.75, 3.05) is 13.7 Å². The minimum Gasteiger partial charge on any atom is -0.507 e. The number of esters is 1. The van der Waals surface area contributed by atoms with Gasteiger partial charge in [0.25, 0.3) is 0 Å². The second kappa shape index (κ2) is 20.7. The Morgan fingerprint density at radius 2 is 1.51 bits per heavy atom. The second-order valence-electron chi connectivity index (χ2n) is 9.79. The number of unbranched alkanes of at least 4 members (excludes halogenated alkanes) is 6. The molecule has 1 unspecified atom stereocenters. The van der Waals surface area contributed by atoms with Crippen molar-refractivity contribution >= 4 is 18.0 Å². The van der Waals surface area contributed by atoms with Gasteiger partial charge < -0.3 is 19.7 Å². The fourth-order valence-corrected chi connectivity index (χ4v) is 4.13. The van der Waals surface area contributed by atoms with Gasteiger partial charge in [0.05, 0.1) is 13.7 Å². The molecule has 39 heavy (non-hydrogen) atoms. The SMILES string of the molecule is CCCCC(CC)CC(=Cc1ccc(OC)cc1)C(=O)O.CCCCCCCCOC(=O)c1ccccc1O. The minimum absolute atomic E-state index is 0.0227. The van der Waals surface area contributed by atoms with Gasteiger partial charge in [-0.3, -0.25) is 0 Å². The number of carboxylic acid groups (broad SMARTS) is 1. The quantitative estimate of drug-likeness (QED) is 0.118. The summed E-state index contributed by atoms with van der Waals surface area (Å²) in [6, 6.07) is 13.9. The number of hydrogen-bond donors (Lipinski definition) is 2.